The van der Waals surface area contributed by atoms with Crippen molar-refractivity contribution in [2.45, 2.75) is 27.2 Å². The first-order valence-electron chi connectivity index (χ1n) is 27.5. The molecule has 4 aromatic carbocycles. The highest BCUT2D eigenvalue weighted by Gasteiger charge is 2.17. The van der Waals surface area contributed by atoms with Gasteiger partial charge in [0.1, 0.15) is 123 Å². The summed E-state index contributed by atoms with van der Waals surface area (Å²) in [6.45, 7) is 5.88. The number of para-hydroxylation sites is 1. The van der Waals surface area contributed by atoms with Gasteiger partial charge in [0.25, 0.3) is 0 Å². The Hall–Kier alpha value is -12.7. The Morgan fingerprint density at radius 1 is 0.489 bits per heavy atom. The molecule has 6 aromatic heterocycles. The second kappa shape index (κ2) is 34.6. The number of nitrogen functional groups attached to an aromatic ring is 4. The molecule has 0 atom stereocenters. The van der Waals surface area contributed by atoms with Gasteiger partial charge in [0, 0.05) is 34.2 Å². The topological polar surface area (TPSA) is 387 Å². The molecule has 0 aliphatic carbocycles. The van der Waals surface area contributed by atoms with Gasteiger partial charge < -0.3 is 70.8 Å². The fraction of sp³-hybridized carbons (Fsp3) is 0.159. The predicted molar refractivity (Wildman–Crippen MR) is 351 cm³/mol. The molecule has 92 heavy (non-hydrogen) atoms. The van der Waals surface area contributed by atoms with Crippen molar-refractivity contribution in [3.05, 3.63) is 180 Å². The van der Waals surface area contributed by atoms with Gasteiger partial charge in [-0.3, -0.25) is 4.98 Å². The van der Waals surface area contributed by atoms with Crippen molar-refractivity contribution in [2.24, 2.45) is 25.8 Å². The van der Waals surface area contributed by atoms with Crippen molar-refractivity contribution >= 4 is 81.6 Å². The van der Waals surface area contributed by atoms with Gasteiger partial charge in [-0.2, -0.15) is 0 Å². The summed E-state index contributed by atoms with van der Waals surface area (Å²) < 4.78 is 28.8. The molecule has 0 unspecified atom stereocenters. The van der Waals surface area contributed by atoms with Gasteiger partial charge in [0.2, 0.25) is 23.5 Å². The van der Waals surface area contributed by atoms with Crippen LogP contribution in [0.5, 0.6) is 52.3 Å². The van der Waals surface area contributed by atoms with Crippen molar-refractivity contribution in [3.63, 3.8) is 0 Å². The summed E-state index contributed by atoms with van der Waals surface area (Å²) in [6.07, 6.45) is 19.1. The number of pyridine rings is 2. The molecule has 0 aliphatic rings. The molecule has 0 saturated carbocycles. The number of benzene rings is 4. The summed E-state index contributed by atoms with van der Waals surface area (Å²) in [4.78, 5) is 64.3. The van der Waals surface area contributed by atoms with E-state index >= 15 is 0 Å². The maximum Gasteiger partial charge on any atom is 0.233 e. The third kappa shape index (κ3) is 18.4. The van der Waals surface area contributed by atoms with Gasteiger partial charge in [-0.1, -0.05) is 81.3 Å². The molecule has 6 heterocycles. The quantitative estimate of drug-likeness (QED) is 0.0383. The monoisotopic (exact) mass is 1250 g/mol. The number of fused-ring (bicyclic) bond motifs is 2. The molecule has 8 N–H and O–H groups in total. The van der Waals surface area contributed by atoms with Crippen molar-refractivity contribution in [1.82, 2.24) is 49.8 Å². The average molecular weight is 1250 g/mol. The fourth-order valence-corrected chi connectivity index (χ4v) is 7.92. The lowest BCUT2D eigenvalue weighted by Crippen LogP contribution is -2.03. The predicted octanol–water partition coefficient (Wildman–Crippen LogP) is 10.5. The number of hydrogen-bond donors (Lipinski definition) is 4. The van der Waals surface area contributed by atoms with Crippen molar-refractivity contribution < 1.29 is 47.9 Å². The summed E-state index contributed by atoms with van der Waals surface area (Å²) in [6, 6.07) is 30.2. The first kappa shape index (κ1) is 66.8. The second-order valence-electron chi connectivity index (χ2n) is 18.1. The van der Waals surface area contributed by atoms with E-state index in [1.807, 2.05) is 124 Å². The number of oxime groups is 5. The highest BCUT2D eigenvalue weighted by Crippen LogP contribution is 2.35. The Morgan fingerprint density at radius 2 is 0.978 bits per heavy atom. The minimum atomic E-state index is 0.236. The van der Waals surface area contributed by atoms with Gasteiger partial charge in [0.05, 0.1) is 37.7 Å². The highest BCUT2D eigenvalue weighted by atomic mass is 16.6. The van der Waals surface area contributed by atoms with E-state index in [1.54, 1.807) is 25.6 Å². The van der Waals surface area contributed by atoms with Crippen molar-refractivity contribution in [2.75, 3.05) is 65.6 Å². The smallest absolute Gasteiger partial charge is 0.233 e. The molecule has 0 bridgehead atoms. The second-order valence-corrected chi connectivity index (χ2v) is 18.1. The molecule has 10 rings (SSSR count). The minimum Gasteiger partial charge on any atom is -0.493 e. The number of nitrogens with two attached hydrogens (primary N) is 4. The molecule has 0 spiro atoms. The average Bonchev–Trinajstić information content (AvgIpc) is 1.41. The zero-order chi connectivity index (χ0) is 65.6. The first-order chi connectivity index (χ1) is 44.9. The van der Waals surface area contributed by atoms with E-state index in [1.165, 1.54) is 85.7 Å². The molecular formula is C63H65N19O10. The van der Waals surface area contributed by atoms with Crippen LogP contribution >= 0.6 is 0 Å². The van der Waals surface area contributed by atoms with Gasteiger partial charge in [-0.15, -0.1) is 0 Å². The van der Waals surface area contributed by atoms with E-state index in [9.17, 15) is 0 Å². The minimum absolute atomic E-state index is 0.236. The van der Waals surface area contributed by atoms with E-state index in [-0.39, 0.29) is 40.9 Å². The molecule has 0 saturated heterocycles. The Labute approximate surface area is 528 Å². The van der Waals surface area contributed by atoms with Gasteiger partial charge in [-0.05, 0) is 92.1 Å². The van der Waals surface area contributed by atoms with E-state index in [2.05, 4.69) is 95.0 Å². The number of rotatable bonds is 21. The fourth-order valence-electron chi connectivity index (χ4n) is 7.92. The molecule has 0 amide bonds. The standard InChI is InChI=1S/C16H19N5O3.C16H15N5O2.C16H18N4O3.C15H13N5O2/c1-4-14(21-23-3)11-5-7-12(8-6-11)24-16-13(9-20-22-2)15(17)18-10-19-16;1-10-6-7-11-4-3-5-13(14(11)21-10)23-16-12(8-20-22-2)15(17)18-9-19-16;1-4-5-11-6-7-13(14(8-11)21-2)23-16-12(9-20-22-3)15(17)18-10-19-16;1-21-20-8-12-14(16)18-9-19-15(12)22-13-4-2-3-10-7-17-6-5-11(10)13/h5-10H,4H2,1-3H3,(H2,17,18,19);3-9H,1-2H3,(H2,17,18,19);4-10H,1-3H3,(H2,17,18,19);2-9H,1H3,(H2,16,18,19)/b20-9+,21-14-;20-8+;5-4+,20-9+;20-8+. The molecule has 0 radical (unpaired) electrons. The highest BCUT2D eigenvalue weighted by molar-refractivity contribution is 6.00. The van der Waals surface area contributed by atoms with Crippen molar-refractivity contribution in [1.29, 1.82) is 0 Å². The van der Waals surface area contributed by atoms with Crippen LogP contribution in [0.15, 0.2) is 167 Å². The van der Waals surface area contributed by atoms with Crippen LogP contribution < -0.4 is 46.6 Å². The lowest BCUT2D eigenvalue weighted by molar-refractivity contribution is 0.213. The Balaban J connectivity index is 0.000000174. The molecule has 10 aromatic rings. The van der Waals surface area contributed by atoms with Crippen LogP contribution in [0.3, 0.4) is 0 Å². The normalized spacial score (nSPS) is 11.2. The number of methoxy groups -OCH3 is 1. The van der Waals surface area contributed by atoms with Crippen LogP contribution in [-0.4, -0.2) is 123 Å². The number of nitrogens with zero attached hydrogens (tertiary/aromatic N) is 15. The summed E-state index contributed by atoms with van der Waals surface area (Å²) in [5.74, 6) is 5.03. The number of allylic oxidation sites excluding steroid dienone is 1. The van der Waals surface area contributed by atoms with Gasteiger partial charge >= 0.3 is 0 Å². The largest absolute Gasteiger partial charge is 0.493 e. The summed E-state index contributed by atoms with van der Waals surface area (Å²) >= 11 is 0. The molecule has 29 heteroatoms. The number of aromatic nitrogens is 10. The zero-order valence-corrected chi connectivity index (χ0v) is 51.5. The summed E-state index contributed by atoms with van der Waals surface area (Å²) in [5.41, 5.74) is 29.6. The van der Waals surface area contributed by atoms with Crippen LogP contribution in [-0.2, 0) is 24.2 Å². The summed E-state index contributed by atoms with van der Waals surface area (Å²) in [7, 11) is 8.84. The Morgan fingerprint density at radius 3 is 1.47 bits per heavy atom. The van der Waals surface area contributed by atoms with Crippen LogP contribution in [0, 0.1) is 6.92 Å². The lowest BCUT2D eigenvalue weighted by Gasteiger charge is -2.12. The Kier molecular flexibility index (Phi) is 25.1. The summed E-state index contributed by atoms with van der Waals surface area (Å²) in [5, 5.41) is 21.6. The number of hydrogen-bond acceptors (Lipinski definition) is 29. The van der Waals surface area contributed by atoms with E-state index in [4.69, 9.17) is 51.5 Å². The van der Waals surface area contributed by atoms with Crippen LogP contribution in [0.1, 0.15) is 59.3 Å². The van der Waals surface area contributed by atoms with E-state index in [0.29, 0.717) is 56.9 Å². The Bertz CT molecular complexity index is 4250. The van der Waals surface area contributed by atoms with Crippen LogP contribution in [0.4, 0.5) is 23.3 Å². The molecule has 0 aliphatic heterocycles. The van der Waals surface area contributed by atoms with Crippen LogP contribution in [0.2, 0.25) is 0 Å². The maximum atomic E-state index is 5.92. The number of anilines is 4. The molecule has 0 fully saturated rings. The molecule has 472 valence electrons. The lowest BCUT2D eigenvalue weighted by atomic mass is 10.1. The van der Waals surface area contributed by atoms with Crippen molar-refractivity contribution in [3.8, 4) is 52.3 Å². The van der Waals surface area contributed by atoms with Crippen LogP contribution in [0.25, 0.3) is 27.8 Å². The third-order valence-electron chi connectivity index (χ3n) is 12.2. The maximum absolute atomic E-state index is 5.92. The zero-order valence-electron chi connectivity index (χ0n) is 51.5. The number of ether oxygens (including phenoxy) is 5. The van der Waals surface area contributed by atoms with E-state index < -0.39 is 0 Å². The van der Waals surface area contributed by atoms with Gasteiger partial charge in [-0.25, -0.2) is 44.9 Å². The van der Waals surface area contributed by atoms with E-state index in [0.717, 1.165) is 50.6 Å². The number of aryl methyl sites for hydroxylation is 1. The SMILES string of the molecule is C/C=C/c1ccc(Oc2ncnc(N)c2/C=N/OC)c(OC)c1.CC/C(=N/OC)c1ccc(Oc2ncnc(N)c2/C=N/OC)cc1.CO/N=C/c1c(N)ncnc1Oc1cccc2ccc(C)nc12.CO/N=C/c1c(N)ncnc1Oc1cccc2cnccc12. The molecule has 29 nitrogen and oxygen atoms in total. The molecular weight excluding hydrogens is 1180 g/mol. The third-order valence-corrected chi connectivity index (χ3v) is 12.2. The first-order valence-corrected chi connectivity index (χ1v) is 27.5. The van der Waals surface area contributed by atoms with Gasteiger partial charge in [0.15, 0.2) is 17.2 Å².